The number of aliphatic hydroxyl groups is 3. The number of β-amino-alcohol motifs (C(OH)–C–C–N with tert-alkyl or cyclic N) is 2. The van der Waals surface area contributed by atoms with Crippen LogP contribution in [-0.2, 0) is 0 Å². The average Bonchev–Trinajstić information content (AvgIpc) is 1.97. The summed E-state index contributed by atoms with van der Waals surface area (Å²) in [4.78, 5) is 0. The van der Waals surface area contributed by atoms with Crippen molar-refractivity contribution in [3.8, 4) is 0 Å². The number of piperidine rings is 1. The number of nitrogens with one attached hydrogen (secondary N) is 1. The molecule has 0 spiro atoms. The van der Waals surface area contributed by atoms with E-state index in [0.29, 0.717) is 19.5 Å². The van der Waals surface area contributed by atoms with E-state index in [2.05, 4.69) is 5.32 Å². The molecule has 0 saturated carbocycles. The van der Waals surface area contributed by atoms with Crippen LogP contribution >= 0.6 is 0 Å². The van der Waals surface area contributed by atoms with E-state index in [0.717, 1.165) is 0 Å². The first-order chi connectivity index (χ1) is 5.25. The molecule has 0 aromatic rings. The minimum absolute atomic E-state index is 0.0266. The van der Waals surface area contributed by atoms with Gasteiger partial charge in [0.15, 0.2) is 0 Å². The summed E-state index contributed by atoms with van der Waals surface area (Å²) in [5, 5.41) is 30.2. The summed E-state index contributed by atoms with van der Waals surface area (Å²) >= 11 is 0. The summed E-state index contributed by atoms with van der Waals surface area (Å²) in [7, 11) is 0. The van der Waals surface area contributed by atoms with Gasteiger partial charge in [-0.1, -0.05) is 0 Å². The Bertz CT molecular complexity index is 110. The number of aliphatic hydroxyl groups excluding tert-OH is 3. The first-order valence-corrected chi connectivity index (χ1v) is 3.93. The minimum Gasteiger partial charge on any atom is -0.396 e. The molecule has 1 aliphatic heterocycles. The van der Waals surface area contributed by atoms with E-state index in [-0.39, 0.29) is 12.5 Å². The van der Waals surface area contributed by atoms with E-state index < -0.39 is 12.2 Å². The zero-order chi connectivity index (χ0) is 8.27. The maximum absolute atomic E-state index is 9.34. The van der Waals surface area contributed by atoms with Gasteiger partial charge in [-0.2, -0.15) is 0 Å². The van der Waals surface area contributed by atoms with Gasteiger partial charge in [0.2, 0.25) is 0 Å². The highest BCUT2D eigenvalue weighted by atomic mass is 16.3. The van der Waals surface area contributed by atoms with Crippen LogP contribution in [0.1, 0.15) is 6.42 Å². The summed E-state index contributed by atoms with van der Waals surface area (Å²) in [5.41, 5.74) is 0. The van der Waals surface area contributed by atoms with Crippen molar-refractivity contribution in [2.75, 3.05) is 19.7 Å². The molecule has 1 saturated heterocycles. The van der Waals surface area contributed by atoms with Crippen LogP contribution in [0.4, 0.5) is 0 Å². The quantitative estimate of drug-likeness (QED) is 0.390. The van der Waals surface area contributed by atoms with Gasteiger partial charge in [0.1, 0.15) is 0 Å². The molecule has 3 atom stereocenters. The van der Waals surface area contributed by atoms with Crippen molar-refractivity contribution in [2.45, 2.75) is 18.6 Å². The maximum Gasteiger partial charge on any atom is 0.0718 e. The van der Waals surface area contributed by atoms with Gasteiger partial charge in [-0.15, -0.1) is 0 Å². The van der Waals surface area contributed by atoms with Crippen LogP contribution in [0.5, 0.6) is 0 Å². The predicted molar refractivity (Wildman–Crippen MR) is 40.1 cm³/mol. The lowest BCUT2D eigenvalue weighted by molar-refractivity contribution is -0.0217. The molecular weight excluding hydrogens is 146 g/mol. The van der Waals surface area contributed by atoms with Gasteiger partial charge in [0.25, 0.3) is 0 Å². The van der Waals surface area contributed by atoms with Gasteiger partial charge in [0.05, 0.1) is 12.2 Å². The Kier molecular flexibility index (Phi) is 3.26. The van der Waals surface area contributed by atoms with Crippen molar-refractivity contribution in [1.82, 2.24) is 5.32 Å². The Morgan fingerprint density at radius 2 is 1.73 bits per heavy atom. The zero-order valence-electron chi connectivity index (χ0n) is 6.40. The van der Waals surface area contributed by atoms with E-state index in [1.165, 1.54) is 0 Å². The molecule has 66 valence electrons. The summed E-state index contributed by atoms with van der Waals surface area (Å²) in [6.07, 6.45) is -0.568. The summed E-state index contributed by atoms with van der Waals surface area (Å²) in [6, 6.07) is 0. The molecule has 0 aromatic heterocycles. The summed E-state index contributed by atoms with van der Waals surface area (Å²) in [5.74, 6) is -0.166. The Labute approximate surface area is 65.9 Å². The number of hydrogen-bond acceptors (Lipinski definition) is 4. The number of rotatable bonds is 2. The molecule has 4 N–H and O–H groups in total. The van der Waals surface area contributed by atoms with E-state index in [4.69, 9.17) is 5.11 Å². The van der Waals surface area contributed by atoms with E-state index in [1.54, 1.807) is 0 Å². The van der Waals surface area contributed by atoms with Crippen LogP contribution in [-0.4, -0.2) is 47.2 Å². The largest absolute Gasteiger partial charge is 0.396 e. The standard InChI is InChI=1S/C7H15NO3/c9-2-1-5-6(10)3-8-4-7(5)11/h5-11H,1-4H2/t5?,6-,7+. The highest BCUT2D eigenvalue weighted by molar-refractivity contribution is 4.83. The van der Waals surface area contributed by atoms with Crippen molar-refractivity contribution in [1.29, 1.82) is 0 Å². The summed E-state index contributed by atoms with van der Waals surface area (Å²) in [6.45, 7) is 1.06. The molecule has 0 bridgehead atoms. The minimum atomic E-state index is -0.522. The Morgan fingerprint density at radius 1 is 1.18 bits per heavy atom. The molecule has 0 radical (unpaired) electrons. The van der Waals surface area contributed by atoms with Gasteiger partial charge in [0, 0.05) is 25.6 Å². The Morgan fingerprint density at radius 3 is 2.18 bits per heavy atom. The molecule has 0 aromatic carbocycles. The molecule has 0 aliphatic carbocycles. The van der Waals surface area contributed by atoms with Crippen molar-refractivity contribution >= 4 is 0 Å². The maximum atomic E-state index is 9.34. The van der Waals surface area contributed by atoms with Gasteiger partial charge >= 0.3 is 0 Å². The van der Waals surface area contributed by atoms with Crippen molar-refractivity contribution in [2.24, 2.45) is 5.92 Å². The summed E-state index contributed by atoms with van der Waals surface area (Å²) < 4.78 is 0. The molecule has 4 heteroatoms. The molecular formula is C7H15NO3. The van der Waals surface area contributed by atoms with Gasteiger partial charge in [-0.25, -0.2) is 0 Å². The molecule has 4 nitrogen and oxygen atoms in total. The van der Waals surface area contributed by atoms with Crippen molar-refractivity contribution in [3.63, 3.8) is 0 Å². The van der Waals surface area contributed by atoms with Crippen LogP contribution in [0.2, 0.25) is 0 Å². The molecule has 11 heavy (non-hydrogen) atoms. The van der Waals surface area contributed by atoms with E-state index >= 15 is 0 Å². The molecule has 1 unspecified atom stereocenters. The molecule has 1 fully saturated rings. The second kappa shape index (κ2) is 4.01. The normalized spacial score (nSPS) is 39.0. The fourth-order valence-electron chi connectivity index (χ4n) is 1.47. The van der Waals surface area contributed by atoms with Crippen LogP contribution in [0.3, 0.4) is 0 Å². The second-order valence-electron chi connectivity index (χ2n) is 2.97. The fourth-order valence-corrected chi connectivity index (χ4v) is 1.47. The lowest BCUT2D eigenvalue weighted by atomic mass is 9.90. The second-order valence-corrected chi connectivity index (χ2v) is 2.97. The monoisotopic (exact) mass is 161 g/mol. The third kappa shape index (κ3) is 2.13. The average molecular weight is 161 g/mol. The van der Waals surface area contributed by atoms with Gasteiger partial charge < -0.3 is 20.6 Å². The van der Waals surface area contributed by atoms with E-state index in [9.17, 15) is 10.2 Å². The topological polar surface area (TPSA) is 72.7 Å². The highest BCUT2D eigenvalue weighted by Crippen LogP contribution is 2.16. The molecule has 1 aliphatic rings. The smallest absolute Gasteiger partial charge is 0.0718 e. The number of hydrogen-bond donors (Lipinski definition) is 4. The van der Waals surface area contributed by atoms with Crippen LogP contribution in [0, 0.1) is 5.92 Å². The molecule has 1 rings (SSSR count). The highest BCUT2D eigenvalue weighted by Gasteiger charge is 2.29. The molecule has 0 amide bonds. The van der Waals surface area contributed by atoms with Crippen LogP contribution < -0.4 is 5.32 Å². The first kappa shape index (κ1) is 8.93. The van der Waals surface area contributed by atoms with Gasteiger partial charge in [-0.3, -0.25) is 0 Å². The molecule has 1 heterocycles. The third-order valence-electron chi connectivity index (χ3n) is 2.16. The van der Waals surface area contributed by atoms with Crippen LogP contribution in [0.15, 0.2) is 0 Å². The Balaban J connectivity index is 2.41. The zero-order valence-corrected chi connectivity index (χ0v) is 6.40. The van der Waals surface area contributed by atoms with Gasteiger partial charge in [-0.05, 0) is 6.42 Å². The fraction of sp³-hybridized carbons (Fsp3) is 1.00. The van der Waals surface area contributed by atoms with Crippen molar-refractivity contribution < 1.29 is 15.3 Å². The van der Waals surface area contributed by atoms with E-state index in [1.807, 2.05) is 0 Å². The SMILES string of the molecule is OCCC1[C@H](O)CNC[C@@H]1O. The lowest BCUT2D eigenvalue weighted by Crippen LogP contribution is -2.50. The lowest BCUT2D eigenvalue weighted by Gasteiger charge is -2.32. The van der Waals surface area contributed by atoms with Crippen LogP contribution in [0.25, 0.3) is 0 Å². The first-order valence-electron chi connectivity index (χ1n) is 3.93. The predicted octanol–water partition coefficient (Wildman–Crippen LogP) is -1.69. The van der Waals surface area contributed by atoms with Crippen molar-refractivity contribution in [3.05, 3.63) is 0 Å². The third-order valence-corrected chi connectivity index (χ3v) is 2.16. The Hall–Kier alpha value is -0.160.